The number of aromatic nitrogens is 5. The molecule has 4 rings (SSSR count). The normalized spacial score (nSPS) is 12.3. The number of thioether (sulfide) groups is 1. The van der Waals surface area contributed by atoms with Crippen molar-refractivity contribution in [2.45, 2.75) is 23.8 Å². The van der Waals surface area contributed by atoms with E-state index in [9.17, 15) is 4.79 Å². The van der Waals surface area contributed by atoms with Crippen molar-refractivity contribution in [2.24, 2.45) is 0 Å². The maximum atomic E-state index is 12.5. The zero-order valence-corrected chi connectivity index (χ0v) is 14.8. The van der Waals surface area contributed by atoms with Gasteiger partial charge in [-0.2, -0.15) is 0 Å². The highest BCUT2D eigenvalue weighted by Crippen LogP contribution is 2.26. The van der Waals surface area contributed by atoms with Gasteiger partial charge in [-0.25, -0.2) is 4.98 Å². The van der Waals surface area contributed by atoms with Gasteiger partial charge in [0.2, 0.25) is 11.1 Å². The van der Waals surface area contributed by atoms with Gasteiger partial charge in [0.1, 0.15) is 5.52 Å². The van der Waals surface area contributed by atoms with Gasteiger partial charge in [-0.3, -0.25) is 9.78 Å². The summed E-state index contributed by atoms with van der Waals surface area (Å²) >= 11 is 1.30. The van der Waals surface area contributed by atoms with Crippen LogP contribution in [0, 0.1) is 0 Å². The van der Waals surface area contributed by atoms with E-state index in [0.717, 1.165) is 16.4 Å². The molecule has 0 bridgehead atoms. The van der Waals surface area contributed by atoms with Crippen LogP contribution in [-0.4, -0.2) is 36.3 Å². The molecular weight excluding hydrogens is 348 g/mol. The summed E-state index contributed by atoms with van der Waals surface area (Å²) in [4.78, 5) is 24.3. The van der Waals surface area contributed by atoms with Crippen molar-refractivity contribution < 1.29 is 4.79 Å². The number of nitrogens with zero attached hydrogens (tertiary/aromatic N) is 4. The number of nitrogens with one attached hydrogen (secondary N) is 2. The van der Waals surface area contributed by atoms with Crippen LogP contribution in [0.1, 0.15) is 13.3 Å². The second kappa shape index (κ2) is 7.09. The molecule has 1 amide bonds. The molecule has 0 fully saturated rings. The Morgan fingerprint density at radius 1 is 1.23 bits per heavy atom. The Morgan fingerprint density at radius 3 is 2.92 bits per heavy atom. The Hall–Kier alpha value is -3.00. The first-order valence-electron chi connectivity index (χ1n) is 8.23. The van der Waals surface area contributed by atoms with Crippen molar-refractivity contribution in [1.82, 2.24) is 25.1 Å². The van der Waals surface area contributed by atoms with Gasteiger partial charge in [-0.1, -0.05) is 36.9 Å². The van der Waals surface area contributed by atoms with E-state index >= 15 is 0 Å². The van der Waals surface area contributed by atoms with Gasteiger partial charge in [-0.05, 0) is 24.6 Å². The summed E-state index contributed by atoms with van der Waals surface area (Å²) in [5.74, 6) is -0.106. The molecule has 8 heteroatoms. The SMILES string of the molecule is CCC(Sc1nnc2c(n1)[nH]c1ccccc12)C(=O)Nc1cccnc1. The summed E-state index contributed by atoms with van der Waals surface area (Å²) in [6, 6.07) is 11.4. The third-order valence-electron chi connectivity index (χ3n) is 3.94. The molecule has 7 nitrogen and oxygen atoms in total. The largest absolute Gasteiger partial charge is 0.338 e. The van der Waals surface area contributed by atoms with Gasteiger partial charge >= 0.3 is 0 Å². The molecule has 0 saturated heterocycles. The number of carbonyl (C=O) groups excluding carboxylic acids is 1. The van der Waals surface area contributed by atoms with Crippen LogP contribution in [0.4, 0.5) is 5.69 Å². The van der Waals surface area contributed by atoms with Gasteiger partial charge in [0.15, 0.2) is 5.65 Å². The van der Waals surface area contributed by atoms with Gasteiger partial charge in [0.05, 0.1) is 17.1 Å². The predicted octanol–water partition coefficient (Wildman–Crippen LogP) is 3.41. The fourth-order valence-corrected chi connectivity index (χ4v) is 3.48. The Balaban J connectivity index is 1.56. The van der Waals surface area contributed by atoms with Crippen LogP contribution in [-0.2, 0) is 4.79 Å². The third-order valence-corrected chi connectivity index (χ3v) is 5.16. The van der Waals surface area contributed by atoms with E-state index in [1.807, 2.05) is 31.2 Å². The Morgan fingerprint density at radius 2 is 2.12 bits per heavy atom. The average molecular weight is 364 g/mol. The number of aromatic amines is 1. The number of hydrogen-bond acceptors (Lipinski definition) is 6. The summed E-state index contributed by atoms with van der Waals surface area (Å²) in [5.41, 5.74) is 3.04. The molecule has 1 aromatic carbocycles. The Labute approximate surface area is 153 Å². The second-order valence-corrected chi connectivity index (χ2v) is 6.88. The first-order valence-corrected chi connectivity index (χ1v) is 9.11. The van der Waals surface area contributed by atoms with E-state index < -0.39 is 0 Å². The lowest BCUT2D eigenvalue weighted by molar-refractivity contribution is -0.115. The summed E-state index contributed by atoms with van der Waals surface area (Å²) in [6.45, 7) is 1.95. The molecule has 0 radical (unpaired) electrons. The van der Waals surface area contributed by atoms with Crippen LogP contribution in [0.25, 0.3) is 22.1 Å². The average Bonchev–Trinajstić information content (AvgIpc) is 3.04. The molecule has 0 saturated carbocycles. The van der Waals surface area contributed by atoms with Crippen LogP contribution < -0.4 is 5.32 Å². The summed E-state index contributed by atoms with van der Waals surface area (Å²) < 4.78 is 0. The standard InChI is InChI=1S/C18H16N6OS/c1-2-14(17(25)20-11-6-5-9-19-10-11)26-18-22-16-15(23-24-18)12-7-3-4-8-13(12)21-16/h3-10,14H,2H2,1H3,(H,20,25)(H,21,22,24). The molecule has 26 heavy (non-hydrogen) atoms. The molecule has 0 aliphatic rings. The molecule has 1 unspecified atom stereocenters. The van der Waals surface area contributed by atoms with E-state index in [2.05, 4.69) is 30.5 Å². The first kappa shape index (κ1) is 16.5. The van der Waals surface area contributed by atoms with Crippen LogP contribution >= 0.6 is 11.8 Å². The van der Waals surface area contributed by atoms with Crippen molar-refractivity contribution in [3.8, 4) is 0 Å². The summed E-state index contributed by atoms with van der Waals surface area (Å²) in [5, 5.41) is 12.5. The van der Waals surface area contributed by atoms with Crippen LogP contribution in [0.15, 0.2) is 53.9 Å². The predicted molar refractivity (Wildman–Crippen MR) is 102 cm³/mol. The third kappa shape index (κ3) is 3.23. The first-order chi connectivity index (χ1) is 12.7. The van der Waals surface area contributed by atoms with E-state index in [4.69, 9.17) is 0 Å². The number of carbonyl (C=O) groups is 1. The smallest absolute Gasteiger partial charge is 0.238 e. The van der Waals surface area contributed by atoms with Crippen LogP contribution in [0.5, 0.6) is 0 Å². The van der Waals surface area contributed by atoms with Crippen LogP contribution in [0.3, 0.4) is 0 Å². The lowest BCUT2D eigenvalue weighted by atomic mass is 10.2. The molecule has 4 aromatic rings. The number of rotatable bonds is 5. The zero-order chi connectivity index (χ0) is 17.9. The molecule has 0 spiro atoms. The summed E-state index contributed by atoms with van der Waals surface area (Å²) in [7, 11) is 0. The minimum absolute atomic E-state index is 0.106. The van der Waals surface area contributed by atoms with E-state index in [-0.39, 0.29) is 11.2 Å². The number of hydrogen-bond donors (Lipinski definition) is 2. The molecule has 2 N–H and O–H groups in total. The molecule has 130 valence electrons. The van der Waals surface area contributed by atoms with Crippen molar-refractivity contribution in [3.63, 3.8) is 0 Å². The van der Waals surface area contributed by atoms with E-state index in [0.29, 0.717) is 22.9 Å². The Kier molecular flexibility index (Phi) is 4.49. The fraction of sp³-hybridized carbons (Fsp3) is 0.167. The quantitative estimate of drug-likeness (QED) is 0.527. The lowest BCUT2D eigenvalue weighted by Gasteiger charge is -2.13. The highest BCUT2D eigenvalue weighted by atomic mass is 32.2. The lowest BCUT2D eigenvalue weighted by Crippen LogP contribution is -2.24. The Bertz CT molecular complexity index is 1070. The molecule has 3 aromatic heterocycles. The van der Waals surface area contributed by atoms with Gasteiger partial charge in [0, 0.05) is 17.1 Å². The minimum atomic E-state index is -0.321. The van der Waals surface area contributed by atoms with Crippen molar-refractivity contribution in [2.75, 3.05) is 5.32 Å². The topological polar surface area (TPSA) is 96.5 Å². The number of anilines is 1. The highest BCUT2D eigenvalue weighted by molar-refractivity contribution is 8.00. The highest BCUT2D eigenvalue weighted by Gasteiger charge is 2.20. The molecular formula is C18H16N6OS. The number of fused-ring (bicyclic) bond motifs is 3. The van der Waals surface area contributed by atoms with Crippen LogP contribution in [0.2, 0.25) is 0 Å². The number of benzene rings is 1. The van der Waals surface area contributed by atoms with Crippen molar-refractivity contribution in [3.05, 3.63) is 48.8 Å². The minimum Gasteiger partial charge on any atom is -0.338 e. The monoisotopic (exact) mass is 364 g/mol. The molecule has 1 atom stereocenters. The van der Waals surface area contributed by atoms with Crippen molar-refractivity contribution in [1.29, 1.82) is 0 Å². The number of amides is 1. The maximum absolute atomic E-state index is 12.5. The van der Waals surface area contributed by atoms with E-state index in [1.165, 1.54) is 11.8 Å². The second-order valence-electron chi connectivity index (χ2n) is 5.71. The molecule has 3 heterocycles. The number of H-pyrrole nitrogens is 1. The summed E-state index contributed by atoms with van der Waals surface area (Å²) in [6.07, 6.45) is 3.92. The zero-order valence-electron chi connectivity index (χ0n) is 14.0. The van der Waals surface area contributed by atoms with Gasteiger partial charge in [0.25, 0.3) is 0 Å². The molecule has 0 aliphatic carbocycles. The number of para-hydroxylation sites is 1. The number of pyridine rings is 1. The molecule has 0 aliphatic heterocycles. The van der Waals surface area contributed by atoms with Gasteiger partial charge < -0.3 is 10.3 Å². The van der Waals surface area contributed by atoms with Gasteiger partial charge in [-0.15, -0.1) is 10.2 Å². The van der Waals surface area contributed by atoms with E-state index in [1.54, 1.807) is 24.5 Å². The maximum Gasteiger partial charge on any atom is 0.238 e. The fourth-order valence-electron chi connectivity index (χ4n) is 2.66. The van der Waals surface area contributed by atoms with Crippen molar-refractivity contribution >= 4 is 45.4 Å².